The maximum Gasteiger partial charge on any atom is 0.120 e. The molecule has 0 bridgehead atoms. The highest BCUT2D eigenvalue weighted by Gasteiger charge is 2.30. The van der Waals surface area contributed by atoms with Gasteiger partial charge in [0.05, 0.1) is 0 Å². The van der Waals surface area contributed by atoms with E-state index in [1.807, 2.05) is 12.1 Å². The number of aromatic hydroxyl groups is 1. The van der Waals surface area contributed by atoms with E-state index in [4.69, 9.17) is 0 Å². The summed E-state index contributed by atoms with van der Waals surface area (Å²) in [6.07, 6.45) is 4.88. The van der Waals surface area contributed by atoms with Crippen molar-refractivity contribution in [1.82, 2.24) is 4.90 Å². The number of hydrogen-bond acceptors (Lipinski definition) is 2. The number of para-hydroxylation sites is 1. The van der Waals surface area contributed by atoms with Crippen molar-refractivity contribution >= 4 is 0 Å². The van der Waals surface area contributed by atoms with Crippen molar-refractivity contribution in [3.63, 3.8) is 0 Å². The van der Waals surface area contributed by atoms with Crippen molar-refractivity contribution in [2.75, 3.05) is 6.54 Å². The van der Waals surface area contributed by atoms with Gasteiger partial charge in [-0.1, -0.05) is 32.0 Å². The van der Waals surface area contributed by atoms with E-state index in [2.05, 4.69) is 24.8 Å². The summed E-state index contributed by atoms with van der Waals surface area (Å²) in [6.45, 7) is 5.65. The Bertz CT molecular complexity index is 364. The van der Waals surface area contributed by atoms with Crippen LogP contribution in [0, 0.1) is 0 Å². The third-order valence-electron chi connectivity index (χ3n) is 3.98. The van der Waals surface area contributed by atoms with Crippen LogP contribution in [-0.4, -0.2) is 22.6 Å². The minimum absolute atomic E-state index is 0.378. The molecule has 1 N–H and O–H groups in total. The van der Waals surface area contributed by atoms with Gasteiger partial charge in [-0.3, -0.25) is 4.90 Å². The summed E-state index contributed by atoms with van der Waals surface area (Å²) in [7, 11) is 0. The van der Waals surface area contributed by atoms with Crippen LogP contribution in [0.4, 0.5) is 0 Å². The number of hydrogen-bond donors (Lipinski definition) is 1. The van der Waals surface area contributed by atoms with Crippen molar-refractivity contribution in [2.24, 2.45) is 0 Å². The molecule has 0 amide bonds. The van der Waals surface area contributed by atoms with Crippen LogP contribution in [0.3, 0.4) is 0 Å². The lowest BCUT2D eigenvalue weighted by Crippen LogP contribution is -2.32. The lowest BCUT2D eigenvalue weighted by Gasteiger charge is -2.32. The largest absolute Gasteiger partial charge is 0.508 e. The van der Waals surface area contributed by atoms with Gasteiger partial charge in [0, 0.05) is 17.6 Å². The van der Waals surface area contributed by atoms with Crippen LogP contribution in [0.15, 0.2) is 24.3 Å². The molecule has 94 valence electrons. The molecule has 2 unspecified atom stereocenters. The SMILES string of the molecule is CCC1CCCN1C(CC)c1ccccc1O. The number of phenolic OH excluding ortho intramolecular Hbond substituents is 1. The molecule has 1 aromatic rings. The van der Waals surface area contributed by atoms with Crippen molar-refractivity contribution in [1.29, 1.82) is 0 Å². The van der Waals surface area contributed by atoms with Gasteiger partial charge in [0.2, 0.25) is 0 Å². The minimum atomic E-state index is 0.378. The second-order valence-corrected chi connectivity index (χ2v) is 4.92. The first-order valence-electron chi connectivity index (χ1n) is 6.81. The second-order valence-electron chi connectivity index (χ2n) is 4.92. The molecule has 2 heteroatoms. The van der Waals surface area contributed by atoms with Crippen LogP contribution < -0.4 is 0 Å². The Kier molecular flexibility index (Phi) is 4.06. The molecule has 0 spiro atoms. The van der Waals surface area contributed by atoms with Gasteiger partial charge in [0.1, 0.15) is 5.75 Å². The van der Waals surface area contributed by atoms with E-state index in [1.54, 1.807) is 6.07 Å². The average Bonchev–Trinajstić information content (AvgIpc) is 2.81. The third-order valence-corrected chi connectivity index (χ3v) is 3.98. The smallest absolute Gasteiger partial charge is 0.120 e. The monoisotopic (exact) mass is 233 g/mol. The predicted octanol–water partition coefficient (Wildman–Crippen LogP) is 3.72. The van der Waals surface area contributed by atoms with Gasteiger partial charge in [-0.25, -0.2) is 0 Å². The molecule has 1 heterocycles. The van der Waals surface area contributed by atoms with Crippen LogP contribution in [-0.2, 0) is 0 Å². The van der Waals surface area contributed by atoms with E-state index in [0.29, 0.717) is 17.8 Å². The standard InChI is InChI=1S/C15H23NO/c1-3-12-8-7-11-16(12)14(4-2)13-9-5-6-10-15(13)17/h5-6,9-10,12,14,17H,3-4,7-8,11H2,1-2H3. The molecule has 0 radical (unpaired) electrons. The normalized spacial score (nSPS) is 22.8. The lowest BCUT2D eigenvalue weighted by atomic mass is 10.00. The zero-order chi connectivity index (χ0) is 12.3. The highest BCUT2D eigenvalue weighted by atomic mass is 16.3. The summed E-state index contributed by atoms with van der Waals surface area (Å²) in [6, 6.07) is 8.86. The predicted molar refractivity (Wildman–Crippen MR) is 71.2 cm³/mol. The molecule has 0 saturated carbocycles. The average molecular weight is 233 g/mol. The Labute approximate surface area is 104 Å². The number of nitrogens with zero attached hydrogens (tertiary/aromatic N) is 1. The van der Waals surface area contributed by atoms with Gasteiger partial charge in [-0.05, 0) is 38.3 Å². The van der Waals surface area contributed by atoms with Crippen molar-refractivity contribution in [3.8, 4) is 5.75 Å². The Morgan fingerprint density at radius 1 is 1.35 bits per heavy atom. The van der Waals surface area contributed by atoms with E-state index in [1.165, 1.54) is 25.8 Å². The Hall–Kier alpha value is -1.02. The highest BCUT2D eigenvalue weighted by molar-refractivity contribution is 5.34. The molecule has 1 aliphatic rings. The fourth-order valence-electron chi connectivity index (χ4n) is 3.11. The summed E-state index contributed by atoms with van der Waals surface area (Å²) in [5.41, 5.74) is 1.09. The Morgan fingerprint density at radius 3 is 2.76 bits per heavy atom. The molecule has 1 fully saturated rings. The number of likely N-dealkylation sites (tertiary alicyclic amines) is 1. The van der Waals surface area contributed by atoms with Gasteiger partial charge in [-0.15, -0.1) is 0 Å². The van der Waals surface area contributed by atoms with E-state index < -0.39 is 0 Å². The maximum atomic E-state index is 10.0. The molecule has 0 aliphatic carbocycles. The molecule has 1 aromatic carbocycles. The number of benzene rings is 1. The van der Waals surface area contributed by atoms with Crippen molar-refractivity contribution in [2.45, 2.75) is 51.6 Å². The second kappa shape index (κ2) is 5.54. The number of phenols is 1. The molecule has 1 aliphatic heterocycles. The first-order valence-corrected chi connectivity index (χ1v) is 6.81. The molecule has 17 heavy (non-hydrogen) atoms. The summed E-state index contributed by atoms with van der Waals surface area (Å²) in [4.78, 5) is 2.58. The summed E-state index contributed by atoms with van der Waals surface area (Å²) >= 11 is 0. The highest BCUT2D eigenvalue weighted by Crippen LogP contribution is 2.36. The minimum Gasteiger partial charge on any atom is -0.508 e. The molecular formula is C15H23NO. The van der Waals surface area contributed by atoms with Gasteiger partial charge in [-0.2, -0.15) is 0 Å². The van der Waals surface area contributed by atoms with Gasteiger partial charge < -0.3 is 5.11 Å². The number of rotatable bonds is 4. The van der Waals surface area contributed by atoms with Crippen molar-refractivity contribution in [3.05, 3.63) is 29.8 Å². The van der Waals surface area contributed by atoms with Gasteiger partial charge in [0.15, 0.2) is 0 Å². The van der Waals surface area contributed by atoms with Gasteiger partial charge in [0.25, 0.3) is 0 Å². The van der Waals surface area contributed by atoms with Crippen LogP contribution in [0.1, 0.15) is 51.1 Å². The zero-order valence-corrected chi connectivity index (χ0v) is 10.9. The summed E-state index contributed by atoms with van der Waals surface area (Å²) in [5, 5.41) is 10.0. The fraction of sp³-hybridized carbons (Fsp3) is 0.600. The van der Waals surface area contributed by atoms with Gasteiger partial charge >= 0.3 is 0 Å². The van der Waals surface area contributed by atoms with E-state index in [9.17, 15) is 5.11 Å². The van der Waals surface area contributed by atoms with Crippen molar-refractivity contribution < 1.29 is 5.11 Å². The van der Waals surface area contributed by atoms with Crippen LogP contribution in [0.5, 0.6) is 5.75 Å². The van der Waals surface area contributed by atoms with Crippen LogP contribution in [0.25, 0.3) is 0 Å². The van der Waals surface area contributed by atoms with E-state index in [0.717, 1.165) is 12.0 Å². The topological polar surface area (TPSA) is 23.5 Å². The molecular weight excluding hydrogens is 210 g/mol. The fourth-order valence-corrected chi connectivity index (χ4v) is 3.11. The molecule has 0 aromatic heterocycles. The Morgan fingerprint density at radius 2 is 2.12 bits per heavy atom. The third kappa shape index (κ3) is 2.47. The maximum absolute atomic E-state index is 10.0. The molecule has 2 nitrogen and oxygen atoms in total. The van der Waals surface area contributed by atoms with E-state index in [-0.39, 0.29) is 0 Å². The first-order chi connectivity index (χ1) is 8.27. The van der Waals surface area contributed by atoms with E-state index >= 15 is 0 Å². The molecule has 2 rings (SSSR count). The lowest BCUT2D eigenvalue weighted by molar-refractivity contribution is 0.168. The quantitative estimate of drug-likeness (QED) is 0.856. The zero-order valence-electron chi connectivity index (χ0n) is 10.9. The Balaban J connectivity index is 2.24. The summed E-state index contributed by atoms with van der Waals surface area (Å²) in [5.74, 6) is 0.445. The van der Waals surface area contributed by atoms with Crippen LogP contribution >= 0.6 is 0 Å². The first kappa shape index (κ1) is 12.4. The summed E-state index contributed by atoms with van der Waals surface area (Å²) < 4.78 is 0. The van der Waals surface area contributed by atoms with Crippen LogP contribution in [0.2, 0.25) is 0 Å². The molecule has 1 saturated heterocycles. The molecule has 2 atom stereocenters.